The van der Waals surface area contributed by atoms with Gasteiger partial charge < -0.3 is 15.8 Å². The molecule has 5 heteroatoms. The SMILES string of the molecule is CC(=N)CC(=O)Nc1ccc(C(=O)O)cc1. The zero-order valence-corrected chi connectivity index (χ0v) is 8.78. The van der Waals surface area contributed by atoms with Crippen molar-refractivity contribution in [2.75, 3.05) is 5.32 Å². The third-order valence-corrected chi connectivity index (χ3v) is 1.84. The average molecular weight is 220 g/mol. The number of hydrogen-bond donors (Lipinski definition) is 3. The molecule has 0 spiro atoms. The largest absolute Gasteiger partial charge is 0.478 e. The third kappa shape index (κ3) is 3.53. The Morgan fingerprint density at radius 2 is 1.88 bits per heavy atom. The Labute approximate surface area is 92.6 Å². The van der Waals surface area contributed by atoms with E-state index >= 15 is 0 Å². The molecule has 1 aromatic rings. The molecule has 84 valence electrons. The van der Waals surface area contributed by atoms with Crippen molar-refractivity contribution in [2.24, 2.45) is 0 Å². The lowest BCUT2D eigenvalue weighted by Gasteiger charge is -2.04. The fourth-order valence-corrected chi connectivity index (χ4v) is 1.14. The van der Waals surface area contributed by atoms with Crippen LogP contribution in [0.3, 0.4) is 0 Å². The van der Waals surface area contributed by atoms with Crippen molar-refractivity contribution in [1.82, 2.24) is 0 Å². The van der Waals surface area contributed by atoms with Crippen LogP contribution in [0.15, 0.2) is 24.3 Å². The predicted octanol–water partition coefficient (Wildman–Crippen LogP) is 1.75. The van der Waals surface area contributed by atoms with E-state index in [0.29, 0.717) is 5.69 Å². The summed E-state index contributed by atoms with van der Waals surface area (Å²) in [5.41, 5.74) is 0.970. The van der Waals surface area contributed by atoms with E-state index in [4.69, 9.17) is 10.5 Å². The first kappa shape index (κ1) is 11.9. The second-order valence-corrected chi connectivity index (χ2v) is 3.39. The summed E-state index contributed by atoms with van der Waals surface area (Å²) in [5, 5.41) is 18.4. The molecule has 0 aliphatic carbocycles. The summed E-state index contributed by atoms with van der Waals surface area (Å²) >= 11 is 0. The molecule has 1 aromatic carbocycles. The van der Waals surface area contributed by atoms with Gasteiger partial charge in [-0.2, -0.15) is 0 Å². The van der Waals surface area contributed by atoms with E-state index in [0.717, 1.165) is 0 Å². The number of carboxylic acid groups (broad SMARTS) is 1. The summed E-state index contributed by atoms with van der Waals surface area (Å²) in [4.78, 5) is 21.8. The minimum atomic E-state index is -1.01. The molecule has 0 saturated carbocycles. The molecule has 0 fully saturated rings. The Hall–Kier alpha value is -2.17. The summed E-state index contributed by atoms with van der Waals surface area (Å²) < 4.78 is 0. The smallest absolute Gasteiger partial charge is 0.335 e. The van der Waals surface area contributed by atoms with Gasteiger partial charge in [0, 0.05) is 11.4 Å². The minimum absolute atomic E-state index is 0.0423. The lowest BCUT2D eigenvalue weighted by Crippen LogP contribution is -2.14. The van der Waals surface area contributed by atoms with Crippen molar-refractivity contribution in [1.29, 1.82) is 5.41 Å². The van der Waals surface area contributed by atoms with Crippen molar-refractivity contribution in [3.05, 3.63) is 29.8 Å². The van der Waals surface area contributed by atoms with Crippen LogP contribution in [0.2, 0.25) is 0 Å². The Morgan fingerprint density at radius 3 is 2.31 bits per heavy atom. The molecule has 3 N–H and O–H groups in total. The number of aromatic carboxylic acids is 1. The van der Waals surface area contributed by atoms with Gasteiger partial charge in [0.15, 0.2) is 0 Å². The molecule has 1 amide bonds. The van der Waals surface area contributed by atoms with Crippen LogP contribution in [-0.2, 0) is 4.79 Å². The van der Waals surface area contributed by atoms with Crippen molar-refractivity contribution in [3.8, 4) is 0 Å². The van der Waals surface area contributed by atoms with Gasteiger partial charge in [-0.15, -0.1) is 0 Å². The number of amides is 1. The highest BCUT2D eigenvalue weighted by atomic mass is 16.4. The maximum absolute atomic E-state index is 11.3. The van der Waals surface area contributed by atoms with E-state index in [-0.39, 0.29) is 23.6 Å². The number of rotatable bonds is 4. The molecule has 0 aliphatic heterocycles. The average Bonchev–Trinajstić information content (AvgIpc) is 2.16. The molecule has 0 aliphatic rings. The van der Waals surface area contributed by atoms with Crippen LogP contribution < -0.4 is 5.32 Å². The standard InChI is InChI=1S/C11H12N2O3/c1-7(12)6-10(14)13-9-4-2-8(3-5-9)11(15)16/h2-5,12H,6H2,1H3,(H,13,14)(H,15,16). The molecular formula is C11H12N2O3. The maximum Gasteiger partial charge on any atom is 0.335 e. The second kappa shape index (κ2) is 5.06. The summed E-state index contributed by atoms with van der Waals surface area (Å²) in [6.45, 7) is 1.55. The molecule has 0 radical (unpaired) electrons. The minimum Gasteiger partial charge on any atom is -0.478 e. The van der Waals surface area contributed by atoms with E-state index in [1.165, 1.54) is 24.3 Å². The van der Waals surface area contributed by atoms with Crippen LogP contribution in [0.1, 0.15) is 23.7 Å². The molecule has 0 bridgehead atoms. The van der Waals surface area contributed by atoms with Gasteiger partial charge in [0.05, 0.1) is 12.0 Å². The highest BCUT2D eigenvalue weighted by Gasteiger charge is 2.05. The monoisotopic (exact) mass is 220 g/mol. The normalized spacial score (nSPS) is 9.56. The molecule has 0 aromatic heterocycles. The van der Waals surface area contributed by atoms with Crippen LogP contribution in [0.5, 0.6) is 0 Å². The first-order valence-electron chi connectivity index (χ1n) is 4.66. The molecular weight excluding hydrogens is 208 g/mol. The van der Waals surface area contributed by atoms with E-state index in [1.54, 1.807) is 6.92 Å². The van der Waals surface area contributed by atoms with Crippen molar-refractivity contribution >= 4 is 23.3 Å². The summed E-state index contributed by atoms with van der Waals surface area (Å²) in [6.07, 6.45) is 0.0423. The van der Waals surface area contributed by atoms with Crippen LogP contribution in [0.4, 0.5) is 5.69 Å². The Bertz CT molecular complexity index is 423. The van der Waals surface area contributed by atoms with Gasteiger partial charge in [-0.1, -0.05) is 0 Å². The quantitative estimate of drug-likeness (QED) is 0.675. The number of carbonyl (C=O) groups excluding carboxylic acids is 1. The maximum atomic E-state index is 11.3. The first-order valence-corrected chi connectivity index (χ1v) is 4.66. The molecule has 5 nitrogen and oxygen atoms in total. The van der Waals surface area contributed by atoms with E-state index in [2.05, 4.69) is 5.32 Å². The Kier molecular flexibility index (Phi) is 3.77. The number of carbonyl (C=O) groups is 2. The lowest BCUT2D eigenvalue weighted by molar-refractivity contribution is -0.115. The molecule has 0 heterocycles. The number of carboxylic acids is 1. The van der Waals surface area contributed by atoms with Gasteiger partial charge in [-0.05, 0) is 31.2 Å². The Morgan fingerprint density at radius 1 is 1.31 bits per heavy atom. The van der Waals surface area contributed by atoms with Crippen LogP contribution in [0, 0.1) is 5.41 Å². The van der Waals surface area contributed by atoms with Crippen LogP contribution in [-0.4, -0.2) is 22.7 Å². The summed E-state index contributed by atoms with van der Waals surface area (Å²) in [7, 11) is 0. The summed E-state index contributed by atoms with van der Waals surface area (Å²) in [6, 6.07) is 5.85. The van der Waals surface area contributed by atoms with Gasteiger partial charge in [0.1, 0.15) is 0 Å². The topological polar surface area (TPSA) is 90.3 Å². The van der Waals surface area contributed by atoms with Crippen molar-refractivity contribution in [2.45, 2.75) is 13.3 Å². The third-order valence-electron chi connectivity index (χ3n) is 1.84. The fourth-order valence-electron chi connectivity index (χ4n) is 1.14. The van der Waals surface area contributed by atoms with Crippen LogP contribution >= 0.6 is 0 Å². The molecule has 1 rings (SSSR count). The molecule has 16 heavy (non-hydrogen) atoms. The predicted molar refractivity (Wildman–Crippen MR) is 60.0 cm³/mol. The van der Waals surface area contributed by atoms with Crippen molar-refractivity contribution in [3.63, 3.8) is 0 Å². The highest BCUT2D eigenvalue weighted by molar-refractivity contribution is 6.04. The van der Waals surface area contributed by atoms with Gasteiger partial charge in [0.25, 0.3) is 0 Å². The first-order chi connectivity index (χ1) is 7.49. The number of hydrogen-bond acceptors (Lipinski definition) is 3. The zero-order valence-electron chi connectivity index (χ0n) is 8.78. The van der Waals surface area contributed by atoms with Crippen LogP contribution in [0.25, 0.3) is 0 Å². The summed E-state index contributed by atoms with van der Waals surface area (Å²) in [5.74, 6) is -1.29. The van der Waals surface area contributed by atoms with E-state index in [9.17, 15) is 9.59 Å². The molecule has 0 saturated heterocycles. The second-order valence-electron chi connectivity index (χ2n) is 3.39. The number of nitrogens with one attached hydrogen (secondary N) is 2. The highest BCUT2D eigenvalue weighted by Crippen LogP contribution is 2.09. The Balaban J connectivity index is 2.65. The van der Waals surface area contributed by atoms with Gasteiger partial charge in [-0.25, -0.2) is 4.79 Å². The van der Waals surface area contributed by atoms with Gasteiger partial charge >= 0.3 is 5.97 Å². The van der Waals surface area contributed by atoms with E-state index < -0.39 is 5.97 Å². The van der Waals surface area contributed by atoms with Gasteiger partial charge in [-0.3, -0.25) is 4.79 Å². The molecule has 0 atom stereocenters. The van der Waals surface area contributed by atoms with E-state index in [1.807, 2.05) is 0 Å². The fraction of sp³-hybridized carbons (Fsp3) is 0.182. The van der Waals surface area contributed by atoms with Gasteiger partial charge in [0.2, 0.25) is 5.91 Å². The zero-order chi connectivity index (χ0) is 12.1. The lowest BCUT2D eigenvalue weighted by atomic mass is 10.2. The van der Waals surface area contributed by atoms with Crippen molar-refractivity contribution < 1.29 is 14.7 Å². The number of benzene rings is 1. The number of anilines is 1. The molecule has 0 unspecified atom stereocenters.